The third kappa shape index (κ3) is 3.81. The Bertz CT molecular complexity index is 1130. The summed E-state index contributed by atoms with van der Waals surface area (Å²) in [6.07, 6.45) is 0. The molecule has 1 heterocycles. The number of guanidine groups is 1. The quantitative estimate of drug-likeness (QED) is 0.375. The van der Waals surface area contributed by atoms with Crippen LogP contribution in [0.3, 0.4) is 0 Å². The Morgan fingerprint density at radius 1 is 1.12 bits per heavy atom. The molecule has 0 fully saturated rings. The molecule has 0 aliphatic rings. The first-order valence-electron chi connectivity index (χ1n) is 7.53. The van der Waals surface area contributed by atoms with Crippen molar-refractivity contribution >= 4 is 32.6 Å². The minimum Gasteiger partial charge on any atom is -0.378 e. The molecule has 3 aromatic rings. The molecule has 0 bridgehead atoms. The van der Waals surface area contributed by atoms with Crippen LogP contribution in [0.4, 0.5) is 5.69 Å². The van der Waals surface area contributed by atoms with Crippen LogP contribution in [-0.2, 0) is 16.6 Å². The minimum absolute atomic E-state index is 0.0336. The minimum atomic E-state index is -3.92. The highest BCUT2D eigenvalue weighted by Gasteiger charge is 2.12. The predicted octanol–water partition coefficient (Wildman–Crippen LogP) is 0.497. The maximum absolute atomic E-state index is 12.0. The summed E-state index contributed by atoms with van der Waals surface area (Å²) in [5, 5.41) is 3.58. The highest BCUT2D eigenvalue weighted by Crippen LogP contribution is 2.16. The summed E-state index contributed by atoms with van der Waals surface area (Å²) in [5.41, 5.74) is 11.2. The van der Waals surface area contributed by atoms with Gasteiger partial charge in [-0.15, -0.1) is 4.40 Å². The van der Waals surface area contributed by atoms with Gasteiger partial charge in [-0.3, -0.25) is 4.79 Å². The highest BCUT2D eigenvalue weighted by atomic mass is 32.2. The first kappa shape index (κ1) is 17.4. The summed E-state index contributed by atoms with van der Waals surface area (Å²) in [6.45, 7) is 0.264. The van der Waals surface area contributed by atoms with E-state index in [-0.39, 0.29) is 17.0 Å². The van der Waals surface area contributed by atoms with Crippen molar-refractivity contribution < 1.29 is 8.42 Å². The molecular weight excluding hydrogens is 356 g/mol. The summed E-state index contributed by atoms with van der Waals surface area (Å²) in [7, 11) is -3.92. The van der Waals surface area contributed by atoms with E-state index < -0.39 is 16.0 Å². The molecule has 10 heteroatoms. The zero-order valence-electron chi connectivity index (χ0n) is 13.5. The van der Waals surface area contributed by atoms with Gasteiger partial charge in [-0.25, -0.2) is 4.98 Å². The third-order valence-electron chi connectivity index (χ3n) is 3.50. The molecule has 0 amide bonds. The second-order valence-electron chi connectivity index (χ2n) is 5.40. The van der Waals surface area contributed by atoms with Crippen molar-refractivity contribution in [1.82, 2.24) is 9.97 Å². The van der Waals surface area contributed by atoms with Crippen LogP contribution in [0.5, 0.6) is 0 Å². The SMILES string of the molecule is NC(N)=NS(=O)(=O)c1ccc(NCc2nc3ccccc3c(=O)[nH]2)cc1. The number of rotatable bonds is 5. The van der Waals surface area contributed by atoms with Gasteiger partial charge in [0.15, 0.2) is 0 Å². The van der Waals surface area contributed by atoms with Crippen molar-refractivity contribution in [2.75, 3.05) is 5.32 Å². The molecule has 26 heavy (non-hydrogen) atoms. The molecule has 0 aliphatic carbocycles. The Kier molecular flexibility index (Phi) is 4.59. The fourth-order valence-corrected chi connectivity index (χ4v) is 3.20. The van der Waals surface area contributed by atoms with E-state index in [1.807, 2.05) is 6.07 Å². The summed E-state index contributed by atoms with van der Waals surface area (Å²) in [5.74, 6) is -0.0653. The lowest BCUT2D eigenvalue weighted by molar-refractivity contribution is 0.598. The molecule has 0 atom stereocenters. The lowest BCUT2D eigenvalue weighted by Gasteiger charge is -2.07. The second-order valence-corrected chi connectivity index (χ2v) is 7.00. The Morgan fingerprint density at radius 2 is 1.81 bits per heavy atom. The molecule has 0 unspecified atom stereocenters. The molecule has 3 rings (SSSR count). The van der Waals surface area contributed by atoms with Gasteiger partial charge in [0.25, 0.3) is 15.6 Å². The van der Waals surface area contributed by atoms with E-state index in [0.717, 1.165) is 0 Å². The van der Waals surface area contributed by atoms with Crippen molar-refractivity contribution in [3.05, 3.63) is 64.7 Å². The molecule has 0 radical (unpaired) electrons. The number of benzene rings is 2. The van der Waals surface area contributed by atoms with Crippen molar-refractivity contribution in [3.63, 3.8) is 0 Å². The maximum atomic E-state index is 12.0. The normalized spacial score (nSPS) is 11.2. The molecule has 0 spiro atoms. The van der Waals surface area contributed by atoms with Crippen LogP contribution in [0.25, 0.3) is 10.9 Å². The zero-order valence-corrected chi connectivity index (χ0v) is 14.3. The first-order chi connectivity index (χ1) is 12.3. The monoisotopic (exact) mass is 372 g/mol. The number of hydrogen-bond donors (Lipinski definition) is 4. The number of sulfonamides is 1. The average Bonchev–Trinajstić information content (AvgIpc) is 2.59. The highest BCUT2D eigenvalue weighted by molar-refractivity contribution is 7.90. The molecule has 0 aliphatic heterocycles. The molecule has 0 saturated heterocycles. The van der Waals surface area contributed by atoms with Crippen LogP contribution in [0.2, 0.25) is 0 Å². The lowest BCUT2D eigenvalue weighted by Crippen LogP contribution is -2.24. The predicted molar refractivity (Wildman–Crippen MR) is 99.1 cm³/mol. The van der Waals surface area contributed by atoms with Crippen molar-refractivity contribution in [2.24, 2.45) is 15.9 Å². The lowest BCUT2D eigenvalue weighted by atomic mass is 10.2. The zero-order chi connectivity index (χ0) is 18.7. The van der Waals surface area contributed by atoms with E-state index in [4.69, 9.17) is 11.5 Å². The second kappa shape index (κ2) is 6.84. The number of anilines is 1. The Morgan fingerprint density at radius 3 is 2.50 bits per heavy atom. The van der Waals surface area contributed by atoms with E-state index in [1.165, 1.54) is 12.1 Å². The van der Waals surface area contributed by atoms with Crippen molar-refractivity contribution in [2.45, 2.75) is 11.4 Å². The van der Waals surface area contributed by atoms with E-state index in [2.05, 4.69) is 19.7 Å². The van der Waals surface area contributed by atoms with Crippen LogP contribution in [0.15, 0.2) is 62.6 Å². The molecule has 134 valence electrons. The smallest absolute Gasteiger partial charge is 0.285 e. The van der Waals surface area contributed by atoms with Gasteiger partial charge in [-0.1, -0.05) is 12.1 Å². The molecule has 1 aromatic heterocycles. The number of fused-ring (bicyclic) bond motifs is 1. The number of hydrogen-bond acceptors (Lipinski definition) is 5. The summed E-state index contributed by atoms with van der Waals surface area (Å²) >= 11 is 0. The number of nitrogens with zero attached hydrogens (tertiary/aromatic N) is 2. The van der Waals surface area contributed by atoms with Gasteiger partial charge in [-0.2, -0.15) is 8.42 Å². The van der Waals surface area contributed by atoms with Gasteiger partial charge in [-0.05, 0) is 36.4 Å². The molecular formula is C16H16N6O3S. The fraction of sp³-hybridized carbons (Fsp3) is 0.0625. The van der Waals surface area contributed by atoms with Crippen LogP contribution >= 0.6 is 0 Å². The summed E-state index contributed by atoms with van der Waals surface area (Å²) in [6, 6.07) is 12.9. The summed E-state index contributed by atoms with van der Waals surface area (Å²) < 4.78 is 27.0. The topological polar surface area (TPSA) is 156 Å². The number of nitrogens with one attached hydrogen (secondary N) is 2. The number of aromatic amines is 1. The van der Waals surface area contributed by atoms with Gasteiger partial charge in [0.1, 0.15) is 5.82 Å². The largest absolute Gasteiger partial charge is 0.378 e. The number of H-pyrrole nitrogens is 1. The summed E-state index contributed by atoms with van der Waals surface area (Å²) in [4.78, 5) is 19.1. The van der Waals surface area contributed by atoms with Gasteiger partial charge in [0.05, 0.1) is 22.3 Å². The number of nitrogens with two attached hydrogens (primary N) is 2. The van der Waals surface area contributed by atoms with Gasteiger partial charge in [0, 0.05) is 5.69 Å². The molecule has 2 aromatic carbocycles. The number of aromatic nitrogens is 2. The van der Waals surface area contributed by atoms with Crippen molar-refractivity contribution in [3.8, 4) is 0 Å². The van der Waals surface area contributed by atoms with E-state index >= 15 is 0 Å². The Balaban J connectivity index is 1.77. The van der Waals surface area contributed by atoms with Crippen LogP contribution < -0.4 is 22.3 Å². The molecule has 0 saturated carbocycles. The molecule has 6 N–H and O–H groups in total. The third-order valence-corrected chi connectivity index (χ3v) is 4.82. The Hall–Kier alpha value is -3.40. The van der Waals surface area contributed by atoms with E-state index in [0.29, 0.717) is 22.4 Å². The molecule has 9 nitrogen and oxygen atoms in total. The number of para-hydroxylation sites is 1. The van der Waals surface area contributed by atoms with Crippen LogP contribution in [0.1, 0.15) is 5.82 Å². The average molecular weight is 372 g/mol. The maximum Gasteiger partial charge on any atom is 0.285 e. The Labute approximate surface area is 148 Å². The first-order valence-corrected chi connectivity index (χ1v) is 8.97. The van der Waals surface area contributed by atoms with E-state index in [9.17, 15) is 13.2 Å². The van der Waals surface area contributed by atoms with Gasteiger partial charge in [0.2, 0.25) is 5.96 Å². The van der Waals surface area contributed by atoms with Crippen LogP contribution in [0, 0.1) is 0 Å². The van der Waals surface area contributed by atoms with E-state index in [1.54, 1.807) is 30.3 Å². The van der Waals surface area contributed by atoms with Crippen LogP contribution in [-0.4, -0.2) is 24.3 Å². The standard InChI is InChI=1S/C16H16N6O3S/c17-16(18)22-26(24,25)11-7-5-10(6-8-11)19-9-14-20-13-4-2-1-3-12(13)15(23)21-14/h1-8,19H,9H2,(H4,17,18,22)(H,20,21,23). The fourth-order valence-electron chi connectivity index (χ4n) is 2.34. The van der Waals surface area contributed by atoms with Crippen molar-refractivity contribution in [1.29, 1.82) is 0 Å². The van der Waals surface area contributed by atoms with Gasteiger partial charge < -0.3 is 21.8 Å². The van der Waals surface area contributed by atoms with Gasteiger partial charge >= 0.3 is 0 Å².